The van der Waals surface area contributed by atoms with Gasteiger partial charge in [0.1, 0.15) is 0 Å². The minimum Gasteiger partial charge on any atom is -0.369 e. The quantitative estimate of drug-likeness (QED) is 0.825. The average Bonchev–Trinajstić information content (AvgIpc) is 2.23. The van der Waals surface area contributed by atoms with Gasteiger partial charge in [0.05, 0.1) is 0 Å². The fourth-order valence-corrected chi connectivity index (χ4v) is 2.86. The third-order valence-corrected chi connectivity index (χ3v) is 3.49. The zero-order valence-electron chi connectivity index (χ0n) is 11.5. The largest absolute Gasteiger partial charge is 0.369 e. The molecule has 1 aliphatic heterocycles. The molecule has 3 heteroatoms. The zero-order chi connectivity index (χ0) is 13.1. The molecule has 0 aromatic heterocycles. The minimum atomic E-state index is 0.187. The van der Waals surface area contributed by atoms with Crippen molar-refractivity contribution >= 4 is 11.6 Å². The maximum absolute atomic E-state index is 11.3. The maximum Gasteiger partial charge on any atom is 0.220 e. The van der Waals surface area contributed by atoms with E-state index >= 15 is 0 Å². The summed E-state index contributed by atoms with van der Waals surface area (Å²) in [7, 11) is 0. The van der Waals surface area contributed by atoms with Crippen LogP contribution in [0.4, 0.5) is 5.69 Å². The Kier molecular flexibility index (Phi) is 3.90. The van der Waals surface area contributed by atoms with Crippen molar-refractivity contribution in [3.63, 3.8) is 0 Å². The highest BCUT2D eigenvalue weighted by atomic mass is 16.1. The van der Waals surface area contributed by atoms with Gasteiger partial charge in [0, 0.05) is 31.7 Å². The van der Waals surface area contributed by atoms with Gasteiger partial charge < -0.3 is 10.2 Å². The van der Waals surface area contributed by atoms with Crippen LogP contribution in [0.5, 0.6) is 0 Å². The van der Waals surface area contributed by atoms with Crippen LogP contribution in [0, 0.1) is 20.8 Å². The number of amides is 1. The van der Waals surface area contributed by atoms with Crippen molar-refractivity contribution in [3.8, 4) is 0 Å². The Balaban J connectivity index is 2.22. The highest BCUT2D eigenvalue weighted by Crippen LogP contribution is 2.26. The fourth-order valence-electron chi connectivity index (χ4n) is 2.86. The molecule has 0 aliphatic carbocycles. The molecule has 1 N–H and O–H groups in total. The lowest BCUT2D eigenvalue weighted by Crippen LogP contribution is -2.39. The number of nitrogens with one attached hydrogen (secondary N) is 1. The normalized spacial score (nSPS) is 17.1. The lowest BCUT2D eigenvalue weighted by atomic mass is 10.0. The van der Waals surface area contributed by atoms with Crippen LogP contribution in [0.25, 0.3) is 0 Å². The molecule has 1 heterocycles. The van der Waals surface area contributed by atoms with Crippen LogP contribution >= 0.6 is 0 Å². The minimum absolute atomic E-state index is 0.187. The molecule has 1 fully saturated rings. The van der Waals surface area contributed by atoms with Crippen LogP contribution in [0.2, 0.25) is 0 Å². The fraction of sp³-hybridized carbons (Fsp3) is 0.533. The summed E-state index contributed by atoms with van der Waals surface area (Å²) in [4.78, 5) is 13.7. The van der Waals surface area contributed by atoms with Gasteiger partial charge in [0.15, 0.2) is 0 Å². The van der Waals surface area contributed by atoms with E-state index in [-0.39, 0.29) is 5.91 Å². The SMILES string of the molecule is Cc1cc(C)c(N2CCCC(=O)NCC2)c(C)c1. The van der Waals surface area contributed by atoms with E-state index in [1.807, 2.05) is 0 Å². The molecular formula is C15H22N2O. The van der Waals surface area contributed by atoms with Gasteiger partial charge in [-0.1, -0.05) is 17.7 Å². The van der Waals surface area contributed by atoms with Crippen LogP contribution in [-0.2, 0) is 4.79 Å². The van der Waals surface area contributed by atoms with Crippen molar-refractivity contribution in [1.82, 2.24) is 5.32 Å². The molecule has 0 radical (unpaired) electrons. The number of aryl methyl sites for hydroxylation is 3. The number of hydrogen-bond donors (Lipinski definition) is 1. The molecular weight excluding hydrogens is 224 g/mol. The number of nitrogens with zero attached hydrogens (tertiary/aromatic N) is 1. The van der Waals surface area contributed by atoms with E-state index in [0.29, 0.717) is 6.42 Å². The number of hydrogen-bond acceptors (Lipinski definition) is 2. The molecule has 18 heavy (non-hydrogen) atoms. The third-order valence-electron chi connectivity index (χ3n) is 3.49. The van der Waals surface area contributed by atoms with E-state index in [1.54, 1.807) is 0 Å². The summed E-state index contributed by atoms with van der Waals surface area (Å²) in [5, 5.41) is 2.95. The summed E-state index contributed by atoms with van der Waals surface area (Å²) in [5.74, 6) is 0.187. The summed E-state index contributed by atoms with van der Waals surface area (Å²) in [6.07, 6.45) is 1.57. The van der Waals surface area contributed by atoms with Gasteiger partial charge in [0.2, 0.25) is 5.91 Å². The summed E-state index contributed by atoms with van der Waals surface area (Å²) in [6.45, 7) is 9.09. The van der Waals surface area contributed by atoms with Gasteiger partial charge in [-0.05, 0) is 38.3 Å². The predicted molar refractivity (Wildman–Crippen MR) is 75.1 cm³/mol. The molecule has 1 saturated heterocycles. The van der Waals surface area contributed by atoms with Crippen LogP contribution in [-0.4, -0.2) is 25.5 Å². The van der Waals surface area contributed by atoms with Gasteiger partial charge in [-0.15, -0.1) is 0 Å². The number of carbonyl (C=O) groups is 1. The second kappa shape index (κ2) is 5.42. The molecule has 0 saturated carbocycles. The third kappa shape index (κ3) is 2.84. The molecule has 1 amide bonds. The maximum atomic E-state index is 11.3. The first-order chi connectivity index (χ1) is 8.58. The number of benzene rings is 1. The van der Waals surface area contributed by atoms with Gasteiger partial charge in [0.25, 0.3) is 0 Å². The molecule has 2 rings (SSSR count). The highest BCUT2D eigenvalue weighted by Gasteiger charge is 2.15. The molecule has 0 spiro atoms. The van der Waals surface area contributed by atoms with Gasteiger partial charge in [-0.25, -0.2) is 0 Å². The summed E-state index contributed by atoms with van der Waals surface area (Å²) >= 11 is 0. The molecule has 1 aromatic carbocycles. The standard InChI is InChI=1S/C15H22N2O/c1-11-9-12(2)15(13(3)10-11)17-7-4-5-14(18)16-6-8-17/h9-10H,4-8H2,1-3H3,(H,16,18). The summed E-state index contributed by atoms with van der Waals surface area (Å²) < 4.78 is 0. The molecule has 0 unspecified atom stereocenters. The van der Waals surface area contributed by atoms with E-state index in [1.165, 1.54) is 22.4 Å². The molecule has 98 valence electrons. The molecule has 0 bridgehead atoms. The van der Waals surface area contributed by atoms with Crippen molar-refractivity contribution in [2.24, 2.45) is 0 Å². The topological polar surface area (TPSA) is 32.3 Å². The molecule has 0 atom stereocenters. The van der Waals surface area contributed by atoms with Crippen molar-refractivity contribution in [2.75, 3.05) is 24.5 Å². The Hall–Kier alpha value is -1.51. The second-order valence-corrected chi connectivity index (χ2v) is 5.19. The Bertz CT molecular complexity index is 419. The van der Waals surface area contributed by atoms with Crippen molar-refractivity contribution < 1.29 is 4.79 Å². The Morgan fingerprint density at radius 1 is 1.11 bits per heavy atom. The van der Waals surface area contributed by atoms with E-state index < -0.39 is 0 Å². The van der Waals surface area contributed by atoms with Gasteiger partial charge >= 0.3 is 0 Å². The van der Waals surface area contributed by atoms with Crippen LogP contribution < -0.4 is 10.2 Å². The highest BCUT2D eigenvalue weighted by molar-refractivity contribution is 5.76. The lowest BCUT2D eigenvalue weighted by Gasteiger charge is -2.30. The van der Waals surface area contributed by atoms with Gasteiger partial charge in [-0.2, -0.15) is 0 Å². The predicted octanol–water partition coefficient (Wildman–Crippen LogP) is 2.33. The number of anilines is 1. The summed E-state index contributed by atoms with van der Waals surface area (Å²) in [6, 6.07) is 4.47. The number of rotatable bonds is 1. The first-order valence-electron chi connectivity index (χ1n) is 6.67. The van der Waals surface area contributed by atoms with Crippen LogP contribution in [0.1, 0.15) is 29.5 Å². The van der Waals surface area contributed by atoms with E-state index in [4.69, 9.17) is 0 Å². The molecule has 3 nitrogen and oxygen atoms in total. The van der Waals surface area contributed by atoms with Crippen molar-refractivity contribution in [1.29, 1.82) is 0 Å². The first-order valence-corrected chi connectivity index (χ1v) is 6.67. The van der Waals surface area contributed by atoms with Crippen molar-refractivity contribution in [3.05, 3.63) is 28.8 Å². The molecule has 1 aromatic rings. The van der Waals surface area contributed by atoms with E-state index in [0.717, 1.165) is 26.1 Å². The van der Waals surface area contributed by atoms with Crippen molar-refractivity contribution in [2.45, 2.75) is 33.6 Å². The van der Waals surface area contributed by atoms with E-state index in [2.05, 4.69) is 43.1 Å². The van der Waals surface area contributed by atoms with E-state index in [9.17, 15) is 4.79 Å². The smallest absolute Gasteiger partial charge is 0.220 e. The Labute approximate surface area is 109 Å². The van der Waals surface area contributed by atoms with Crippen LogP contribution in [0.15, 0.2) is 12.1 Å². The molecule has 1 aliphatic rings. The monoisotopic (exact) mass is 246 g/mol. The van der Waals surface area contributed by atoms with Gasteiger partial charge in [-0.3, -0.25) is 4.79 Å². The zero-order valence-corrected chi connectivity index (χ0v) is 11.5. The second-order valence-electron chi connectivity index (χ2n) is 5.19. The first kappa shape index (κ1) is 12.9. The average molecular weight is 246 g/mol. The summed E-state index contributed by atoms with van der Waals surface area (Å²) in [5.41, 5.74) is 5.32. The Morgan fingerprint density at radius 2 is 1.78 bits per heavy atom. The number of carbonyl (C=O) groups excluding carboxylic acids is 1. The lowest BCUT2D eigenvalue weighted by molar-refractivity contribution is -0.121. The van der Waals surface area contributed by atoms with Crippen LogP contribution in [0.3, 0.4) is 0 Å². The Morgan fingerprint density at radius 3 is 2.44 bits per heavy atom.